The van der Waals surface area contributed by atoms with Gasteiger partial charge >= 0.3 is 0 Å². The zero-order valence-electron chi connectivity index (χ0n) is 23.3. The molecule has 4 aromatic rings. The Morgan fingerprint density at radius 2 is 1.88 bits per heavy atom. The normalized spacial score (nSPS) is 13.8. The Bertz CT molecular complexity index is 1610. The Labute approximate surface area is 239 Å². The number of Topliss-reactive ketones (excluding diaryl/α,β-unsaturated/α-hetero) is 1. The number of benzene rings is 2. The SMILES string of the molecule is CCN(CC)CCCC(=O)c1c(C)[nH]c(/C=C2\C(=O)Nc3ccc(-c4cnn(-c5ccccc5Cl)c4)cc32)c1C. The second-order valence-electron chi connectivity index (χ2n) is 10.1. The lowest BCUT2D eigenvalue weighted by atomic mass is 9.98. The van der Waals surface area contributed by atoms with Crippen LogP contribution in [0, 0.1) is 13.8 Å². The van der Waals surface area contributed by atoms with Crippen LogP contribution >= 0.6 is 11.6 Å². The number of hydrogen-bond acceptors (Lipinski definition) is 4. The van der Waals surface area contributed by atoms with Gasteiger partial charge in [0, 0.05) is 46.4 Å². The number of fused-ring (bicyclic) bond motifs is 1. The van der Waals surface area contributed by atoms with Crippen molar-refractivity contribution in [1.29, 1.82) is 0 Å². The highest BCUT2D eigenvalue weighted by Gasteiger charge is 2.26. The van der Waals surface area contributed by atoms with Crippen LogP contribution in [-0.2, 0) is 4.79 Å². The zero-order valence-corrected chi connectivity index (χ0v) is 24.1. The van der Waals surface area contributed by atoms with Gasteiger partial charge < -0.3 is 15.2 Å². The molecule has 1 aliphatic heterocycles. The van der Waals surface area contributed by atoms with Crippen molar-refractivity contribution in [2.45, 2.75) is 40.5 Å². The lowest BCUT2D eigenvalue weighted by Gasteiger charge is -2.17. The number of amides is 1. The van der Waals surface area contributed by atoms with Gasteiger partial charge in [0.15, 0.2) is 5.78 Å². The van der Waals surface area contributed by atoms with Crippen LogP contribution in [0.25, 0.3) is 28.5 Å². The molecular weight excluding hydrogens is 522 g/mol. The van der Waals surface area contributed by atoms with Gasteiger partial charge in [-0.25, -0.2) is 4.68 Å². The lowest BCUT2D eigenvalue weighted by molar-refractivity contribution is -0.110. The molecule has 0 fully saturated rings. The van der Waals surface area contributed by atoms with Crippen molar-refractivity contribution in [3.63, 3.8) is 0 Å². The molecule has 0 bridgehead atoms. The van der Waals surface area contributed by atoms with E-state index in [0.717, 1.165) is 76.6 Å². The molecule has 3 heterocycles. The minimum absolute atomic E-state index is 0.136. The first kappa shape index (κ1) is 27.6. The Morgan fingerprint density at radius 1 is 1.10 bits per heavy atom. The van der Waals surface area contributed by atoms with Gasteiger partial charge in [0.25, 0.3) is 5.91 Å². The van der Waals surface area contributed by atoms with Gasteiger partial charge in [-0.05, 0) is 81.4 Å². The summed E-state index contributed by atoms with van der Waals surface area (Å²) in [4.78, 5) is 31.8. The summed E-state index contributed by atoms with van der Waals surface area (Å²) < 4.78 is 1.75. The highest BCUT2D eigenvalue weighted by atomic mass is 35.5. The molecule has 40 heavy (non-hydrogen) atoms. The number of nitrogens with one attached hydrogen (secondary N) is 2. The summed E-state index contributed by atoms with van der Waals surface area (Å²) in [5.41, 5.74) is 7.97. The van der Waals surface area contributed by atoms with E-state index in [2.05, 4.69) is 34.1 Å². The third-order valence-electron chi connectivity index (χ3n) is 7.63. The average Bonchev–Trinajstić information content (AvgIpc) is 3.63. The van der Waals surface area contributed by atoms with Crippen LogP contribution in [0.4, 0.5) is 5.69 Å². The number of halogens is 1. The quantitative estimate of drug-likeness (QED) is 0.164. The van der Waals surface area contributed by atoms with Gasteiger partial charge in [0.05, 0.1) is 22.5 Å². The van der Waals surface area contributed by atoms with Crippen LogP contribution in [0.1, 0.15) is 59.6 Å². The Kier molecular flexibility index (Phi) is 8.05. The average molecular weight is 556 g/mol. The van der Waals surface area contributed by atoms with Crippen molar-refractivity contribution in [3.05, 3.63) is 88.0 Å². The second kappa shape index (κ2) is 11.7. The van der Waals surface area contributed by atoms with Gasteiger partial charge in [-0.3, -0.25) is 9.59 Å². The maximum absolute atomic E-state index is 13.1. The van der Waals surface area contributed by atoms with Gasteiger partial charge in [0.1, 0.15) is 0 Å². The Hall–Kier alpha value is -3.94. The van der Waals surface area contributed by atoms with E-state index in [1.54, 1.807) is 10.9 Å². The standard InChI is InChI=1S/C32H34ClN5O2/c1-5-37(6-2)15-9-12-30(39)31-20(3)28(35-21(31)4)17-25-24-16-22(13-14-27(24)36-32(25)40)23-18-34-38(19-23)29-11-8-7-10-26(29)33/h7-8,10-11,13-14,16-19,35H,5-6,9,12,15H2,1-4H3,(H,36,40)/b25-17-. The largest absolute Gasteiger partial charge is 0.358 e. The summed E-state index contributed by atoms with van der Waals surface area (Å²) in [7, 11) is 0. The molecule has 8 heteroatoms. The molecule has 2 N–H and O–H groups in total. The molecule has 1 amide bonds. The van der Waals surface area contributed by atoms with Crippen LogP contribution in [0.15, 0.2) is 54.9 Å². The molecule has 0 spiro atoms. The molecular formula is C32H34ClN5O2. The van der Waals surface area contributed by atoms with E-state index in [1.807, 2.05) is 68.6 Å². The second-order valence-corrected chi connectivity index (χ2v) is 10.5. The summed E-state index contributed by atoms with van der Waals surface area (Å²) in [6.45, 7) is 11.0. The monoisotopic (exact) mass is 555 g/mol. The summed E-state index contributed by atoms with van der Waals surface area (Å²) in [5, 5.41) is 8.08. The van der Waals surface area contributed by atoms with Crippen LogP contribution in [0.5, 0.6) is 0 Å². The molecule has 2 aromatic carbocycles. The van der Waals surface area contributed by atoms with Gasteiger partial charge in [-0.1, -0.05) is 43.6 Å². The van der Waals surface area contributed by atoms with E-state index in [0.29, 0.717) is 17.0 Å². The summed E-state index contributed by atoms with van der Waals surface area (Å²) in [5.74, 6) is -0.0326. The maximum atomic E-state index is 13.1. The number of ketones is 1. The van der Waals surface area contributed by atoms with Crippen molar-refractivity contribution in [1.82, 2.24) is 19.7 Å². The van der Waals surface area contributed by atoms with E-state index in [4.69, 9.17) is 11.6 Å². The molecule has 7 nitrogen and oxygen atoms in total. The number of H-pyrrole nitrogens is 1. The molecule has 2 aromatic heterocycles. The van der Waals surface area contributed by atoms with E-state index in [-0.39, 0.29) is 11.7 Å². The molecule has 0 saturated heterocycles. The van der Waals surface area contributed by atoms with Crippen molar-refractivity contribution >= 4 is 40.6 Å². The first-order chi connectivity index (χ1) is 19.3. The number of nitrogens with zero attached hydrogens (tertiary/aromatic N) is 3. The summed E-state index contributed by atoms with van der Waals surface area (Å²) in [6.07, 6.45) is 6.89. The first-order valence-electron chi connectivity index (χ1n) is 13.7. The van der Waals surface area contributed by atoms with E-state index in [9.17, 15) is 9.59 Å². The van der Waals surface area contributed by atoms with Crippen molar-refractivity contribution in [3.8, 4) is 16.8 Å². The fraction of sp³-hybridized carbons (Fsp3) is 0.281. The highest BCUT2D eigenvalue weighted by Crippen LogP contribution is 2.37. The van der Waals surface area contributed by atoms with Gasteiger partial charge in [0.2, 0.25) is 0 Å². The third kappa shape index (κ3) is 5.40. The van der Waals surface area contributed by atoms with Crippen LogP contribution in [0.2, 0.25) is 5.02 Å². The zero-order chi connectivity index (χ0) is 28.4. The molecule has 0 saturated carbocycles. The van der Waals surface area contributed by atoms with Crippen LogP contribution < -0.4 is 5.32 Å². The fourth-order valence-corrected chi connectivity index (χ4v) is 5.58. The Balaban J connectivity index is 1.41. The number of aromatic nitrogens is 3. The number of aryl methyl sites for hydroxylation is 1. The van der Waals surface area contributed by atoms with E-state index < -0.39 is 0 Å². The number of carbonyl (C=O) groups is 2. The summed E-state index contributed by atoms with van der Waals surface area (Å²) in [6, 6.07) is 13.4. The molecule has 0 radical (unpaired) electrons. The Morgan fingerprint density at radius 3 is 2.62 bits per heavy atom. The van der Waals surface area contributed by atoms with Crippen molar-refractivity contribution < 1.29 is 9.59 Å². The molecule has 5 rings (SSSR count). The number of rotatable bonds is 10. The molecule has 0 unspecified atom stereocenters. The van der Waals surface area contributed by atoms with E-state index >= 15 is 0 Å². The van der Waals surface area contributed by atoms with Gasteiger partial charge in [-0.15, -0.1) is 0 Å². The fourth-order valence-electron chi connectivity index (χ4n) is 5.36. The molecule has 1 aliphatic rings. The predicted octanol–water partition coefficient (Wildman–Crippen LogP) is 6.94. The number of para-hydroxylation sites is 1. The topological polar surface area (TPSA) is 83.0 Å². The summed E-state index contributed by atoms with van der Waals surface area (Å²) >= 11 is 6.36. The third-order valence-corrected chi connectivity index (χ3v) is 7.95. The van der Waals surface area contributed by atoms with E-state index in [1.165, 1.54) is 0 Å². The highest BCUT2D eigenvalue weighted by molar-refractivity contribution is 6.35. The van der Waals surface area contributed by atoms with Gasteiger partial charge in [-0.2, -0.15) is 5.10 Å². The first-order valence-corrected chi connectivity index (χ1v) is 14.1. The number of hydrogen-bond donors (Lipinski definition) is 2. The smallest absolute Gasteiger partial charge is 0.256 e. The molecule has 0 atom stereocenters. The predicted molar refractivity (Wildman–Crippen MR) is 162 cm³/mol. The van der Waals surface area contributed by atoms with Crippen LogP contribution in [-0.4, -0.2) is 51.0 Å². The van der Waals surface area contributed by atoms with Crippen molar-refractivity contribution in [2.24, 2.45) is 0 Å². The number of aromatic amines is 1. The minimum atomic E-state index is -0.169. The molecule has 206 valence electrons. The lowest BCUT2D eigenvalue weighted by Crippen LogP contribution is -2.24. The van der Waals surface area contributed by atoms with Crippen LogP contribution in [0.3, 0.4) is 0 Å². The number of carbonyl (C=O) groups excluding carboxylic acids is 2. The molecule has 0 aliphatic carbocycles. The number of anilines is 1. The van der Waals surface area contributed by atoms with Crippen molar-refractivity contribution in [2.75, 3.05) is 25.0 Å². The minimum Gasteiger partial charge on any atom is -0.358 e. The maximum Gasteiger partial charge on any atom is 0.256 e.